The molecule has 4 aromatic rings. The van der Waals surface area contributed by atoms with Crippen molar-refractivity contribution in [3.8, 4) is 5.69 Å². The molecule has 2 N–H and O–H groups in total. The summed E-state index contributed by atoms with van der Waals surface area (Å²) in [4.78, 5) is 27.6. The molecule has 1 aliphatic rings. The fraction of sp³-hybridized carbons (Fsp3) is 0.364. The van der Waals surface area contributed by atoms with Gasteiger partial charge in [0.1, 0.15) is 5.82 Å². The van der Waals surface area contributed by atoms with Crippen molar-refractivity contribution in [1.82, 2.24) is 14.7 Å². The smallest absolute Gasteiger partial charge is 0.324 e. The minimum absolute atomic E-state index is 0.158. The summed E-state index contributed by atoms with van der Waals surface area (Å²) in [5.41, 5.74) is 5.88. The van der Waals surface area contributed by atoms with Crippen LogP contribution in [-0.4, -0.2) is 39.7 Å². The molecule has 1 fully saturated rings. The Kier molecular flexibility index (Phi) is 8.59. The van der Waals surface area contributed by atoms with Crippen LogP contribution in [0.4, 0.5) is 16.3 Å². The van der Waals surface area contributed by atoms with E-state index in [0.717, 1.165) is 60.5 Å². The van der Waals surface area contributed by atoms with Crippen LogP contribution in [0.15, 0.2) is 71.4 Å². The zero-order valence-electron chi connectivity index (χ0n) is 24.3. The topological polar surface area (TPSA) is 79.3 Å². The summed E-state index contributed by atoms with van der Waals surface area (Å²) in [6, 6.07) is 19.8. The highest BCUT2D eigenvalue weighted by atomic mass is 32.1. The summed E-state index contributed by atoms with van der Waals surface area (Å²) in [5, 5.41) is 14.8. The number of piperidine rings is 1. The molecule has 1 aliphatic heterocycles. The van der Waals surface area contributed by atoms with Gasteiger partial charge in [-0.1, -0.05) is 50.6 Å². The SMILES string of the molecule is Cc1ccc(-n2nc(C(C)(C)C)cc2NC(=O)Nc2ccc(CC3CCN(C(=O)Cc4ccsc4)CC3)cc2)cc1. The molecule has 0 radical (unpaired) electrons. The Labute approximate surface area is 246 Å². The monoisotopic (exact) mass is 569 g/mol. The minimum atomic E-state index is -0.314. The standard InChI is InChI=1S/C33H39N5O2S/c1-23-5-11-28(12-6-23)38-30(21-29(36-38)33(2,3)4)35-32(40)34-27-9-7-24(8-10-27)19-25-13-16-37(17-14-25)31(39)20-26-15-18-41-22-26/h5-12,15,18,21-22,25H,13-14,16-17,19-20H2,1-4H3,(H2,34,35,40). The number of nitrogens with zero attached hydrogens (tertiary/aromatic N) is 3. The van der Waals surface area contributed by atoms with Crippen molar-refractivity contribution in [3.05, 3.63) is 93.8 Å². The summed E-state index contributed by atoms with van der Waals surface area (Å²) in [6.07, 6.45) is 3.51. The van der Waals surface area contributed by atoms with Crippen LogP contribution >= 0.6 is 11.3 Å². The van der Waals surface area contributed by atoms with E-state index in [1.54, 1.807) is 16.0 Å². The van der Waals surface area contributed by atoms with Crippen LogP contribution < -0.4 is 10.6 Å². The maximum Gasteiger partial charge on any atom is 0.324 e. The Morgan fingerprint density at radius 1 is 0.951 bits per heavy atom. The van der Waals surface area contributed by atoms with E-state index >= 15 is 0 Å². The van der Waals surface area contributed by atoms with E-state index in [9.17, 15) is 9.59 Å². The van der Waals surface area contributed by atoms with E-state index in [0.29, 0.717) is 18.2 Å². The fourth-order valence-electron chi connectivity index (χ4n) is 5.12. The van der Waals surface area contributed by atoms with Gasteiger partial charge < -0.3 is 10.2 Å². The molecule has 2 aromatic carbocycles. The number of aryl methyl sites for hydroxylation is 1. The van der Waals surface area contributed by atoms with E-state index in [1.807, 2.05) is 65.7 Å². The third kappa shape index (κ3) is 7.44. The molecule has 3 heterocycles. The van der Waals surface area contributed by atoms with Gasteiger partial charge in [0.25, 0.3) is 0 Å². The van der Waals surface area contributed by atoms with Crippen LogP contribution in [0.1, 0.15) is 56.0 Å². The second-order valence-corrected chi connectivity index (χ2v) is 12.8. The highest BCUT2D eigenvalue weighted by Gasteiger charge is 2.24. The molecule has 7 nitrogen and oxygen atoms in total. The van der Waals surface area contributed by atoms with Crippen LogP contribution in [0.5, 0.6) is 0 Å². The summed E-state index contributed by atoms with van der Waals surface area (Å²) in [7, 11) is 0. The lowest BCUT2D eigenvalue weighted by molar-refractivity contribution is -0.131. The Morgan fingerprint density at radius 3 is 2.29 bits per heavy atom. The molecule has 0 saturated carbocycles. The average Bonchev–Trinajstić information content (AvgIpc) is 3.61. The highest BCUT2D eigenvalue weighted by Crippen LogP contribution is 2.27. The van der Waals surface area contributed by atoms with E-state index in [2.05, 4.69) is 48.9 Å². The number of carbonyl (C=O) groups is 2. The summed E-state index contributed by atoms with van der Waals surface area (Å²) in [6.45, 7) is 10.0. The number of hydrogen-bond acceptors (Lipinski definition) is 4. The summed E-state index contributed by atoms with van der Waals surface area (Å²) >= 11 is 1.63. The Hall–Kier alpha value is -3.91. The van der Waals surface area contributed by atoms with Crippen molar-refractivity contribution in [2.75, 3.05) is 23.7 Å². The Bertz CT molecular complexity index is 1460. The lowest BCUT2D eigenvalue weighted by Gasteiger charge is -2.32. The van der Waals surface area contributed by atoms with E-state index in [1.165, 1.54) is 5.56 Å². The van der Waals surface area contributed by atoms with Crippen molar-refractivity contribution in [2.24, 2.45) is 5.92 Å². The van der Waals surface area contributed by atoms with Gasteiger partial charge in [-0.3, -0.25) is 10.1 Å². The van der Waals surface area contributed by atoms with Gasteiger partial charge >= 0.3 is 6.03 Å². The van der Waals surface area contributed by atoms with Crippen LogP contribution in [0.3, 0.4) is 0 Å². The molecule has 3 amide bonds. The number of benzene rings is 2. The third-order valence-corrected chi connectivity index (χ3v) is 8.37. The van der Waals surface area contributed by atoms with Crippen LogP contribution in [0.25, 0.3) is 5.69 Å². The van der Waals surface area contributed by atoms with Crippen LogP contribution in [-0.2, 0) is 23.1 Å². The molecule has 5 rings (SSSR count). The van der Waals surface area contributed by atoms with Crippen LogP contribution in [0.2, 0.25) is 0 Å². The number of thiophene rings is 1. The predicted molar refractivity (Wildman–Crippen MR) is 167 cm³/mol. The van der Waals surface area contributed by atoms with E-state index in [4.69, 9.17) is 5.10 Å². The third-order valence-electron chi connectivity index (χ3n) is 7.64. The lowest BCUT2D eigenvalue weighted by atomic mass is 9.90. The molecular weight excluding hydrogens is 530 g/mol. The first-order valence-corrected chi connectivity index (χ1v) is 15.2. The molecule has 0 atom stereocenters. The number of likely N-dealkylation sites (tertiary alicyclic amines) is 1. The van der Waals surface area contributed by atoms with Crippen molar-refractivity contribution in [1.29, 1.82) is 0 Å². The minimum Gasteiger partial charge on any atom is -0.342 e. The first kappa shape index (κ1) is 28.6. The van der Waals surface area contributed by atoms with Gasteiger partial charge in [-0.2, -0.15) is 16.4 Å². The number of anilines is 2. The molecule has 0 unspecified atom stereocenters. The largest absolute Gasteiger partial charge is 0.342 e. The number of urea groups is 1. The fourth-order valence-corrected chi connectivity index (χ4v) is 5.79. The summed E-state index contributed by atoms with van der Waals surface area (Å²) in [5.74, 6) is 1.40. The first-order valence-electron chi connectivity index (χ1n) is 14.3. The van der Waals surface area contributed by atoms with Gasteiger partial charge in [0, 0.05) is 30.3 Å². The quantitative estimate of drug-likeness (QED) is 0.247. The molecule has 214 valence electrons. The van der Waals surface area contributed by atoms with Gasteiger partial charge in [0.15, 0.2) is 0 Å². The second kappa shape index (κ2) is 12.3. The lowest BCUT2D eigenvalue weighted by Crippen LogP contribution is -2.39. The molecule has 0 bridgehead atoms. The van der Waals surface area contributed by atoms with Crippen molar-refractivity contribution >= 4 is 34.8 Å². The number of rotatable bonds is 7. The number of aromatic nitrogens is 2. The maximum atomic E-state index is 13.0. The summed E-state index contributed by atoms with van der Waals surface area (Å²) < 4.78 is 1.78. The molecular formula is C33H39N5O2S. The maximum absolute atomic E-state index is 13.0. The Morgan fingerprint density at radius 2 is 1.66 bits per heavy atom. The van der Waals surface area contributed by atoms with Crippen molar-refractivity contribution in [3.63, 3.8) is 0 Å². The van der Waals surface area contributed by atoms with E-state index in [-0.39, 0.29) is 17.4 Å². The van der Waals surface area contributed by atoms with Crippen molar-refractivity contribution in [2.45, 2.75) is 58.8 Å². The van der Waals surface area contributed by atoms with Gasteiger partial charge in [0.05, 0.1) is 17.8 Å². The molecule has 0 aliphatic carbocycles. The van der Waals surface area contributed by atoms with Crippen molar-refractivity contribution < 1.29 is 9.59 Å². The normalized spacial score (nSPS) is 14.2. The van der Waals surface area contributed by atoms with Gasteiger partial charge in [-0.15, -0.1) is 0 Å². The number of hydrogen-bond donors (Lipinski definition) is 2. The Balaban J connectivity index is 1.15. The molecule has 1 saturated heterocycles. The number of amides is 3. The van der Waals surface area contributed by atoms with Gasteiger partial charge in [-0.05, 0) is 84.3 Å². The highest BCUT2D eigenvalue weighted by molar-refractivity contribution is 7.08. The zero-order valence-corrected chi connectivity index (χ0v) is 25.1. The number of carbonyl (C=O) groups excluding carboxylic acids is 2. The number of nitrogens with one attached hydrogen (secondary N) is 2. The van der Waals surface area contributed by atoms with Gasteiger partial charge in [-0.25, -0.2) is 9.48 Å². The van der Waals surface area contributed by atoms with Crippen LogP contribution in [0, 0.1) is 12.8 Å². The average molecular weight is 570 g/mol. The zero-order chi connectivity index (χ0) is 29.0. The van der Waals surface area contributed by atoms with Gasteiger partial charge in [0.2, 0.25) is 5.91 Å². The molecule has 0 spiro atoms. The van der Waals surface area contributed by atoms with E-state index < -0.39 is 0 Å². The molecule has 8 heteroatoms. The molecule has 41 heavy (non-hydrogen) atoms. The molecule has 2 aromatic heterocycles. The second-order valence-electron chi connectivity index (χ2n) is 12.0. The first-order chi connectivity index (χ1) is 19.6. The predicted octanol–water partition coefficient (Wildman–Crippen LogP) is 7.21.